The Morgan fingerprint density at radius 2 is 2.38 bits per heavy atom. The number of carbonyl (C=O) groups excluding carboxylic acids is 1. The first-order valence-corrected chi connectivity index (χ1v) is 5.09. The monoisotopic (exact) mass is 235 g/mol. The number of halogens is 2. The van der Waals surface area contributed by atoms with Gasteiger partial charge in [-0.25, -0.2) is 0 Å². The van der Waals surface area contributed by atoms with Crippen molar-refractivity contribution >= 4 is 40.4 Å². The second-order valence-corrected chi connectivity index (χ2v) is 4.16. The number of hydrogen-bond acceptors (Lipinski definition) is 2. The zero-order valence-electron chi connectivity index (χ0n) is 6.64. The molecular weight excluding hydrogens is 229 g/mol. The van der Waals surface area contributed by atoms with E-state index in [0.29, 0.717) is 14.9 Å². The van der Waals surface area contributed by atoms with E-state index in [9.17, 15) is 4.79 Å². The fraction of sp³-hybridized carbons (Fsp3) is 0.125. The van der Waals surface area contributed by atoms with Crippen LogP contribution in [0.25, 0.3) is 0 Å². The molecule has 0 atom stereocenters. The van der Waals surface area contributed by atoms with Crippen LogP contribution in [0.1, 0.15) is 9.67 Å². The summed E-state index contributed by atoms with van der Waals surface area (Å²) in [5.41, 5.74) is 0. The third-order valence-electron chi connectivity index (χ3n) is 1.26. The topological polar surface area (TPSA) is 29.1 Å². The summed E-state index contributed by atoms with van der Waals surface area (Å²) in [6.45, 7) is 3.71. The van der Waals surface area contributed by atoms with Gasteiger partial charge in [0.25, 0.3) is 5.91 Å². The van der Waals surface area contributed by atoms with E-state index in [-0.39, 0.29) is 12.5 Å². The van der Waals surface area contributed by atoms with Gasteiger partial charge in [-0.15, -0.1) is 11.3 Å². The summed E-state index contributed by atoms with van der Waals surface area (Å²) >= 11 is 12.5. The molecule has 0 aromatic carbocycles. The van der Waals surface area contributed by atoms with Gasteiger partial charge >= 0.3 is 0 Å². The van der Waals surface area contributed by atoms with Crippen molar-refractivity contribution in [3.63, 3.8) is 0 Å². The van der Waals surface area contributed by atoms with E-state index in [4.69, 9.17) is 23.2 Å². The van der Waals surface area contributed by atoms with Gasteiger partial charge in [-0.05, 0) is 11.4 Å². The van der Waals surface area contributed by atoms with E-state index < -0.39 is 0 Å². The summed E-state index contributed by atoms with van der Waals surface area (Å²) in [4.78, 5) is 11.8. The highest BCUT2D eigenvalue weighted by atomic mass is 35.5. The highest BCUT2D eigenvalue weighted by Crippen LogP contribution is 2.21. The molecule has 0 aliphatic rings. The lowest BCUT2D eigenvalue weighted by atomic mass is 10.4. The van der Waals surface area contributed by atoms with Crippen LogP contribution in [0, 0.1) is 0 Å². The molecule has 1 heterocycles. The minimum absolute atomic E-state index is 0.221. The molecule has 1 N–H and O–H groups in total. The van der Waals surface area contributed by atoms with Crippen LogP contribution >= 0.6 is 34.5 Å². The number of amides is 1. The molecule has 0 bridgehead atoms. The maximum Gasteiger partial charge on any atom is 0.263 e. The first-order valence-electron chi connectivity index (χ1n) is 3.45. The van der Waals surface area contributed by atoms with Crippen LogP contribution in [-0.2, 0) is 0 Å². The molecular formula is C8H7Cl2NOS. The lowest BCUT2D eigenvalue weighted by molar-refractivity contribution is 0.0962. The van der Waals surface area contributed by atoms with E-state index in [0.717, 1.165) is 0 Å². The Morgan fingerprint density at radius 1 is 1.69 bits per heavy atom. The molecule has 2 nitrogen and oxygen atoms in total. The minimum atomic E-state index is -0.221. The molecule has 0 spiro atoms. The Labute approximate surface area is 90.2 Å². The summed E-state index contributed by atoms with van der Waals surface area (Å²) in [6.07, 6.45) is 0. The first-order chi connectivity index (χ1) is 6.11. The molecule has 0 unspecified atom stereocenters. The quantitative estimate of drug-likeness (QED) is 0.858. The van der Waals surface area contributed by atoms with Gasteiger partial charge in [-0.3, -0.25) is 4.79 Å². The van der Waals surface area contributed by atoms with Crippen molar-refractivity contribution in [1.29, 1.82) is 0 Å². The number of nitrogens with one attached hydrogen (secondary N) is 1. The largest absolute Gasteiger partial charge is 0.346 e. The second kappa shape index (κ2) is 4.65. The normalized spacial score (nSPS) is 9.69. The molecule has 0 radical (unpaired) electrons. The Bertz CT molecular complexity index is 335. The van der Waals surface area contributed by atoms with E-state index in [1.165, 1.54) is 11.3 Å². The zero-order valence-corrected chi connectivity index (χ0v) is 8.97. The molecule has 5 heteroatoms. The maximum atomic E-state index is 11.3. The van der Waals surface area contributed by atoms with Crippen LogP contribution in [0.2, 0.25) is 5.02 Å². The van der Waals surface area contributed by atoms with Crippen LogP contribution < -0.4 is 5.32 Å². The molecule has 13 heavy (non-hydrogen) atoms. The molecule has 0 aliphatic carbocycles. The van der Waals surface area contributed by atoms with Crippen LogP contribution in [0.5, 0.6) is 0 Å². The molecule has 0 fully saturated rings. The van der Waals surface area contributed by atoms with Gasteiger partial charge < -0.3 is 5.32 Å². The van der Waals surface area contributed by atoms with Gasteiger partial charge in [0, 0.05) is 5.03 Å². The molecule has 0 aliphatic heterocycles. The van der Waals surface area contributed by atoms with Crippen molar-refractivity contribution in [3.05, 3.63) is 33.0 Å². The second-order valence-electron chi connectivity index (χ2n) is 2.30. The lowest BCUT2D eigenvalue weighted by Crippen LogP contribution is -2.23. The maximum absolute atomic E-state index is 11.3. The zero-order chi connectivity index (χ0) is 9.84. The van der Waals surface area contributed by atoms with Crippen molar-refractivity contribution in [2.24, 2.45) is 0 Å². The van der Waals surface area contributed by atoms with Crippen LogP contribution in [0.4, 0.5) is 0 Å². The standard InChI is InChI=1S/C8H7Cl2NOS/c1-5(9)4-11-8(12)7-6(10)2-3-13-7/h2-3H,1,4H2,(H,11,12). The summed E-state index contributed by atoms with van der Waals surface area (Å²) < 4.78 is 0. The minimum Gasteiger partial charge on any atom is -0.346 e. The van der Waals surface area contributed by atoms with Crippen LogP contribution in [-0.4, -0.2) is 12.5 Å². The third kappa shape index (κ3) is 3.03. The van der Waals surface area contributed by atoms with Gasteiger partial charge in [0.05, 0.1) is 11.6 Å². The number of thiophene rings is 1. The van der Waals surface area contributed by atoms with E-state index in [1.807, 2.05) is 0 Å². The SMILES string of the molecule is C=C(Cl)CNC(=O)c1sccc1Cl. The van der Waals surface area contributed by atoms with Crippen molar-refractivity contribution < 1.29 is 4.79 Å². The van der Waals surface area contributed by atoms with E-state index in [2.05, 4.69) is 11.9 Å². The highest BCUT2D eigenvalue weighted by molar-refractivity contribution is 7.12. The number of carbonyl (C=O) groups is 1. The summed E-state index contributed by atoms with van der Waals surface area (Å²) in [5.74, 6) is -0.221. The summed E-state index contributed by atoms with van der Waals surface area (Å²) in [7, 11) is 0. The molecule has 1 amide bonds. The fourth-order valence-corrected chi connectivity index (χ4v) is 1.84. The van der Waals surface area contributed by atoms with Crippen molar-refractivity contribution in [3.8, 4) is 0 Å². The summed E-state index contributed by atoms with van der Waals surface area (Å²) in [5, 5.41) is 5.19. The Hall–Kier alpha value is -0.510. The highest BCUT2D eigenvalue weighted by Gasteiger charge is 2.10. The fourth-order valence-electron chi connectivity index (χ4n) is 0.712. The van der Waals surface area contributed by atoms with E-state index >= 15 is 0 Å². The molecule has 1 rings (SSSR count). The average molecular weight is 236 g/mol. The van der Waals surface area contributed by atoms with Crippen LogP contribution in [0.15, 0.2) is 23.1 Å². The average Bonchev–Trinajstić information content (AvgIpc) is 2.47. The van der Waals surface area contributed by atoms with Gasteiger partial charge in [-0.2, -0.15) is 0 Å². The summed E-state index contributed by atoms with van der Waals surface area (Å²) in [6, 6.07) is 1.68. The molecule has 1 aromatic rings. The predicted molar refractivity (Wildman–Crippen MR) is 56.7 cm³/mol. The van der Waals surface area contributed by atoms with E-state index in [1.54, 1.807) is 11.4 Å². The van der Waals surface area contributed by atoms with Gasteiger partial charge in [0.1, 0.15) is 4.88 Å². The molecule has 70 valence electrons. The van der Waals surface area contributed by atoms with Crippen molar-refractivity contribution in [1.82, 2.24) is 5.32 Å². The van der Waals surface area contributed by atoms with Gasteiger partial charge in [-0.1, -0.05) is 29.8 Å². The molecule has 0 saturated heterocycles. The first kappa shape index (κ1) is 10.6. The number of rotatable bonds is 3. The number of hydrogen-bond donors (Lipinski definition) is 1. The molecule has 0 saturated carbocycles. The Kier molecular flexibility index (Phi) is 3.78. The third-order valence-corrected chi connectivity index (χ3v) is 2.74. The van der Waals surface area contributed by atoms with Gasteiger partial charge in [0.15, 0.2) is 0 Å². The van der Waals surface area contributed by atoms with Crippen molar-refractivity contribution in [2.45, 2.75) is 0 Å². The van der Waals surface area contributed by atoms with Crippen molar-refractivity contribution in [2.75, 3.05) is 6.54 Å². The smallest absolute Gasteiger partial charge is 0.263 e. The predicted octanol–water partition coefficient (Wildman–Crippen LogP) is 2.88. The Balaban J connectivity index is 2.59. The Morgan fingerprint density at radius 3 is 2.85 bits per heavy atom. The molecule has 1 aromatic heterocycles. The van der Waals surface area contributed by atoms with Crippen LogP contribution in [0.3, 0.4) is 0 Å². The lowest BCUT2D eigenvalue weighted by Gasteiger charge is -2.01. The van der Waals surface area contributed by atoms with Gasteiger partial charge in [0.2, 0.25) is 0 Å².